The first-order chi connectivity index (χ1) is 11.7. The number of thiazole rings is 1. The minimum atomic E-state index is 0.768. The van der Waals surface area contributed by atoms with Gasteiger partial charge in [-0.15, -0.1) is 11.3 Å². The fourth-order valence-corrected chi connectivity index (χ4v) is 3.09. The van der Waals surface area contributed by atoms with Gasteiger partial charge in [-0.25, -0.2) is 4.98 Å². The maximum absolute atomic E-state index is 5.20. The van der Waals surface area contributed by atoms with Gasteiger partial charge in [0.1, 0.15) is 5.75 Å². The number of nitrogens with one attached hydrogen (secondary N) is 1. The van der Waals surface area contributed by atoms with Crippen LogP contribution < -0.4 is 10.2 Å². The molecule has 3 rings (SSSR count). The van der Waals surface area contributed by atoms with Crippen molar-refractivity contribution in [3.63, 3.8) is 0 Å². The average molecular weight is 337 g/mol. The van der Waals surface area contributed by atoms with E-state index in [9.17, 15) is 0 Å². The lowest BCUT2D eigenvalue weighted by Crippen LogP contribution is -1.91. The van der Waals surface area contributed by atoms with E-state index in [0.717, 1.165) is 27.7 Å². The van der Waals surface area contributed by atoms with Gasteiger partial charge in [0.15, 0.2) is 0 Å². The molecule has 0 unspecified atom stereocenters. The Balaban J connectivity index is 1.71. The summed E-state index contributed by atoms with van der Waals surface area (Å²) in [4.78, 5) is 4.60. The highest BCUT2D eigenvalue weighted by atomic mass is 32.1. The molecule has 1 heterocycles. The van der Waals surface area contributed by atoms with Crippen molar-refractivity contribution >= 4 is 22.7 Å². The van der Waals surface area contributed by atoms with Crippen LogP contribution >= 0.6 is 11.3 Å². The molecule has 0 aliphatic rings. The van der Waals surface area contributed by atoms with Crippen molar-refractivity contribution in [3.8, 4) is 17.0 Å². The van der Waals surface area contributed by atoms with Crippen LogP contribution in [0.3, 0.4) is 0 Å². The van der Waals surface area contributed by atoms with Crippen LogP contribution in [0.5, 0.6) is 5.75 Å². The van der Waals surface area contributed by atoms with Gasteiger partial charge in [0, 0.05) is 10.9 Å². The van der Waals surface area contributed by atoms with Gasteiger partial charge in [-0.3, -0.25) is 5.43 Å². The van der Waals surface area contributed by atoms with E-state index >= 15 is 0 Å². The van der Waals surface area contributed by atoms with E-state index < -0.39 is 0 Å². The van der Waals surface area contributed by atoms with Gasteiger partial charge >= 0.3 is 0 Å². The van der Waals surface area contributed by atoms with Crippen molar-refractivity contribution in [1.29, 1.82) is 0 Å². The summed E-state index contributed by atoms with van der Waals surface area (Å²) in [6, 6.07) is 14.1. The number of methoxy groups -OCH3 is 1. The first-order valence-electron chi connectivity index (χ1n) is 7.62. The van der Waals surface area contributed by atoms with Gasteiger partial charge in [0.25, 0.3) is 0 Å². The lowest BCUT2D eigenvalue weighted by Gasteiger charge is -2.03. The molecule has 1 N–H and O–H groups in total. The fraction of sp³-hybridized carbons (Fsp3) is 0.158. The number of hydrogen-bond acceptors (Lipinski definition) is 5. The third-order valence-corrected chi connectivity index (χ3v) is 4.38. The Hall–Kier alpha value is -2.66. The van der Waals surface area contributed by atoms with Gasteiger partial charge in [-0.1, -0.05) is 35.9 Å². The summed E-state index contributed by atoms with van der Waals surface area (Å²) < 4.78 is 5.20. The standard InChI is InChI=1S/C19H19N3OS/c1-13-7-8-17(14(2)9-13)18-12-24-19(21-18)22-20-11-15-5-4-6-16(10-15)23-3/h4-12H,1-3H3,(H,21,22)/b20-11-. The SMILES string of the molecule is COc1cccc(/C=N\Nc2nc(-c3ccc(C)cc3C)cs2)c1. The van der Waals surface area contributed by atoms with Crippen LogP contribution in [0.1, 0.15) is 16.7 Å². The number of anilines is 1. The molecule has 3 aromatic rings. The van der Waals surface area contributed by atoms with Crippen LogP contribution in [0.15, 0.2) is 52.9 Å². The molecule has 0 saturated carbocycles. The van der Waals surface area contributed by atoms with Gasteiger partial charge < -0.3 is 4.74 Å². The topological polar surface area (TPSA) is 46.5 Å². The minimum absolute atomic E-state index is 0.768. The number of nitrogens with zero attached hydrogens (tertiary/aromatic N) is 2. The summed E-state index contributed by atoms with van der Waals surface area (Å²) in [5.41, 5.74) is 8.56. The summed E-state index contributed by atoms with van der Waals surface area (Å²) in [6.07, 6.45) is 1.75. The molecule has 1 aromatic heterocycles. The van der Waals surface area contributed by atoms with Crippen LogP contribution in [0, 0.1) is 13.8 Å². The van der Waals surface area contributed by atoms with Gasteiger partial charge in [0.2, 0.25) is 5.13 Å². The summed E-state index contributed by atoms with van der Waals surface area (Å²) in [5, 5.41) is 7.06. The second-order valence-corrected chi connectivity index (χ2v) is 6.36. The maximum atomic E-state index is 5.20. The van der Waals surface area contributed by atoms with E-state index in [1.807, 2.05) is 29.6 Å². The quantitative estimate of drug-likeness (QED) is 0.533. The Morgan fingerprint density at radius 2 is 2.04 bits per heavy atom. The van der Waals surface area contributed by atoms with Crippen LogP contribution in [-0.2, 0) is 0 Å². The molecular weight excluding hydrogens is 318 g/mol. The molecule has 0 radical (unpaired) electrons. The zero-order valence-electron chi connectivity index (χ0n) is 13.9. The number of ether oxygens (including phenoxy) is 1. The van der Waals surface area contributed by atoms with Crippen molar-refractivity contribution in [3.05, 3.63) is 64.5 Å². The number of hydrogen-bond donors (Lipinski definition) is 1. The fourth-order valence-electron chi connectivity index (χ4n) is 2.43. The predicted molar refractivity (Wildman–Crippen MR) is 101 cm³/mol. The Kier molecular flexibility index (Phi) is 4.91. The van der Waals surface area contributed by atoms with Crippen molar-refractivity contribution in [2.75, 3.05) is 12.5 Å². The molecule has 2 aromatic carbocycles. The summed E-state index contributed by atoms with van der Waals surface area (Å²) in [6.45, 7) is 4.20. The first-order valence-corrected chi connectivity index (χ1v) is 8.50. The number of benzene rings is 2. The Bertz CT molecular complexity index is 871. The number of hydrazone groups is 1. The zero-order chi connectivity index (χ0) is 16.9. The van der Waals surface area contributed by atoms with Gasteiger partial charge in [0.05, 0.1) is 19.0 Å². The van der Waals surface area contributed by atoms with Crippen LogP contribution in [-0.4, -0.2) is 18.3 Å². The van der Waals surface area contributed by atoms with Crippen molar-refractivity contribution < 1.29 is 4.74 Å². The van der Waals surface area contributed by atoms with Crippen molar-refractivity contribution in [2.24, 2.45) is 5.10 Å². The maximum Gasteiger partial charge on any atom is 0.203 e. The Labute approximate surface area is 145 Å². The molecule has 0 amide bonds. The molecule has 122 valence electrons. The molecule has 24 heavy (non-hydrogen) atoms. The Morgan fingerprint density at radius 1 is 1.17 bits per heavy atom. The van der Waals surface area contributed by atoms with E-state index in [4.69, 9.17) is 4.74 Å². The third-order valence-electron chi connectivity index (χ3n) is 3.63. The predicted octanol–water partition coefficient (Wildman–Crippen LogP) is 4.88. The molecular formula is C19H19N3OS. The van der Waals surface area contributed by atoms with E-state index in [2.05, 4.69) is 47.6 Å². The lowest BCUT2D eigenvalue weighted by molar-refractivity contribution is 0.415. The highest BCUT2D eigenvalue weighted by Crippen LogP contribution is 2.27. The van der Waals surface area contributed by atoms with Crippen LogP contribution in [0.2, 0.25) is 0 Å². The lowest BCUT2D eigenvalue weighted by atomic mass is 10.0. The van der Waals surface area contributed by atoms with Crippen molar-refractivity contribution in [2.45, 2.75) is 13.8 Å². The third kappa shape index (κ3) is 3.81. The smallest absolute Gasteiger partial charge is 0.203 e. The second kappa shape index (κ2) is 7.27. The molecule has 0 aliphatic carbocycles. The normalized spacial score (nSPS) is 11.0. The first kappa shape index (κ1) is 16.2. The monoisotopic (exact) mass is 337 g/mol. The average Bonchev–Trinajstić information content (AvgIpc) is 3.03. The minimum Gasteiger partial charge on any atom is -0.497 e. The molecule has 5 heteroatoms. The summed E-state index contributed by atoms with van der Waals surface area (Å²) >= 11 is 1.54. The molecule has 0 bridgehead atoms. The number of aromatic nitrogens is 1. The summed E-state index contributed by atoms with van der Waals surface area (Å²) in [7, 11) is 1.65. The number of aryl methyl sites for hydroxylation is 2. The van der Waals surface area contributed by atoms with Gasteiger partial charge in [-0.2, -0.15) is 5.10 Å². The van der Waals surface area contributed by atoms with E-state index in [-0.39, 0.29) is 0 Å². The molecule has 0 aliphatic heterocycles. The van der Waals surface area contributed by atoms with Crippen LogP contribution in [0.4, 0.5) is 5.13 Å². The highest BCUT2D eigenvalue weighted by molar-refractivity contribution is 7.14. The highest BCUT2D eigenvalue weighted by Gasteiger charge is 2.06. The second-order valence-electron chi connectivity index (χ2n) is 5.50. The van der Waals surface area contributed by atoms with Gasteiger partial charge in [-0.05, 0) is 37.1 Å². The molecule has 0 spiro atoms. The van der Waals surface area contributed by atoms with Crippen molar-refractivity contribution in [1.82, 2.24) is 4.98 Å². The zero-order valence-corrected chi connectivity index (χ0v) is 14.7. The van der Waals surface area contributed by atoms with Crippen LogP contribution in [0.25, 0.3) is 11.3 Å². The summed E-state index contributed by atoms with van der Waals surface area (Å²) in [5.74, 6) is 0.810. The molecule has 0 saturated heterocycles. The largest absolute Gasteiger partial charge is 0.497 e. The van der Waals surface area contributed by atoms with E-state index in [1.165, 1.54) is 22.5 Å². The molecule has 4 nitrogen and oxygen atoms in total. The molecule has 0 fully saturated rings. The number of rotatable bonds is 5. The van der Waals surface area contributed by atoms with E-state index in [1.54, 1.807) is 13.3 Å². The Morgan fingerprint density at radius 3 is 2.83 bits per heavy atom. The van der Waals surface area contributed by atoms with E-state index in [0.29, 0.717) is 0 Å². The molecule has 0 atom stereocenters.